The number of benzene rings is 2. The first-order valence-electron chi connectivity index (χ1n) is 7.78. The monoisotopic (exact) mass is 424 g/mol. The van der Waals surface area contributed by atoms with E-state index in [0.717, 1.165) is 15.9 Å². The second-order valence-electron chi connectivity index (χ2n) is 6.14. The van der Waals surface area contributed by atoms with Crippen LogP contribution in [0.15, 0.2) is 53.4 Å². The zero-order chi connectivity index (χ0) is 19.1. The predicted molar refractivity (Wildman–Crippen MR) is 94.6 cm³/mol. The molecule has 2 atom stereocenters. The topological polar surface area (TPSA) is 63.4 Å². The van der Waals surface area contributed by atoms with Crippen molar-refractivity contribution in [1.29, 1.82) is 0 Å². The van der Waals surface area contributed by atoms with Gasteiger partial charge in [-0.2, -0.15) is 17.5 Å². The normalized spacial score (nSPS) is 21.1. The number of nitrogens with two attached hydrogens (primary N) is 1. The molecule has 0 aliphatic carbocycles. The van der Waals surface area contributed by atoms with Crippen molar-refractivity contribution in [2.75, 3.05) is 13.1 Å². The van der Waals surface area contributed by atoms with Crippen molar-refractivity contribution >= 4 is 22.4 Å². The van der Waals surface area contributed by atoms with Crippen molar-refractivity contribution in [2.24, 2.45) is 5.73 Å². The van der Waals surface area contributed by atoms with E-state index in [-0.39, 0.29) is 31.4 Å². The van der Waals surface area contributed by atoms with Crippen LogP contribution in [-0.2, 0) is 16.2 Å². The van der Waals surface area contributed by atoms with Crippen molar-refractivity contribution in [3.8, 4) is 0 Å². The lowest BCUT2D eigenvalue weighted by atomic mass is 9.95. The summed E-state index contributed by atoms with van der Waals surface area (Å²) in [5, 5.41) is 0. The van der Waals surface area contributed by atoms with Gasteiger partial charge in [-0.3, -0.25) is 0 Å². The van der Waals surface area contributed by atoms with Crippen LogP contribution in [0.1, 0.15) is 17.0 Å². The van der Waals surface area contributed by atoms with Gasteiger partial charge in [-0.25, -0.2) is 12.8 Å². The van der Waals surface area contributed by atoms with Gasteiger partial charge < -0.3 is 5.73 Å². The van der Waals surface area contributed by atoms with Crippen LogP contribution in [0.25, 0.3) is 0 Å². The Labute approximate surface area is 160 Å². The first kappa shape index (κ1) is 21.6. The molecule has 0 radical (unpaired) electrons. The summed E-state index contributed by atoms with van der Waals surface area (Å²) in [6.45, 7) is 0.0840. The van der Waals surface area contributed by atoms with Crippen LogP contribution in [0.4, 0.5) is 17.6 Å². The van der Waals surface area contributed by atoms with Crippen molar-refractivity contribution in [3.05, 3.63) is 65.5 Å². The van der Waals surface area contributed by atoms with Gasteiger partial charge >= 0.3 is 6.18 Å². The van der Waals surface area contributed by atoms with Gasteiger partial charge in [0.05, 0.1) is 10.5 Å². The molecule has 1 saturated heterocycles. The molecule has 0 saturated carbocycles. The highest BCUT2D eigenvalue weighted by atomic mass is 35.5. The van der Waals surface area contributed by atoms with Crippen molar-refractivity contribution in [3.63, 3.8) is 0 Å². The molecule has 0 spiro atoms. The minimum Gasteiger partial charge on any atom is -0.326 e. The lowest BCUT2D eigenvalue weighted by Crippen LogP contribution is -2.32. The van der Waals surface area contributed by atoms with E-state index in [2.05, 4.69) is 0 Å². The molecule has 1 fully saturated rings. The summed E-state index contributed by atoms with van der Waals surface area (Å²) < 4.78 is 78.2. The lowest BCUT2D eigenvalue weighted by molar-refractivity contribution is -0.140. The molecule has 3 rings (SSSR count). The summed E-state index contributed by atoms with van der Waals surface area (Å²) in [6.07, 6.45) is -4.89. The molecule has 1 heterocycles. The number of rotatable bonds is 3. The van der Waals surface area contributed by atoms with E-state index < -0.39 is 38.5 Å². The quantitative estimate of drug-likeness (QED) is 0.768. The molecule has 4 nitrogen and oxygen atoms in total. The molecule has 10 heteroatoms. The highest BCUT2D eigenvalue weighted by molar-refractivity contribution is 7.89. The molecule has 1 aliphatic rings. The maximum atomic E-state index is 13.8. The van der Waals surface area contributed by atoms with Gasteiger partial charge in [-0.1, -0.05) is 30.3 Å². The molecular formula is C17H17ClF4N2O2S. The number of hydrogen-bond donors (Lipinski definition) is 1. The summed E-state index contributed by atoms with van der Waals surface area (Å²) in [4.78, 5) is -0.524. The largest absolute Gasteiger partial charge is 0.419 e. The highest BCUT2D eigenvalue weighted by Gasteiger charge is 2.39. The standard InChI is InChI=1S/C17H16F4N2O2S.ClH/c18-15-8-12(6-7-14(15)17(19,20)21)26(24,25)23-9-13(16(22)10-23)11-4-2-1-3-5-11;/h1-8,13,16H,9-10,22H2;1H/t13-,16+;/m0./s1. The van der Waals surface area contributed by atoms with Crippen LogP contribution >= 0.6 is 12.4 Å². The van der Waals surface area contributed by atoms with Crippen LogP contribution in [0.3, 0.4) is 0 Å². The Balaban J connectivity index is 0.00000261. The number of nitrogens with zero attached hydrogens (tertiary/aromatic N) is 1. The van der Waals surface area contributed by atoms with Crippen LogP contribution in [0.2, 0.25) is 0 Å². The number of hydrogen-bond acceptors (Lipinski definition) is 3. The third-order valence-electron chi connectivity index (χ3n) is 4.44. The van der Waals surface area contributed by atoms with E-state index in [1.807, 2.05) is 30.3 Å². The second-order valence-corrected chi connectivity index (χ2v) is 8.08. The first-order valence-corrected chi connectivity index (χ1v) is 9.22. The van der Waals surface area contributed by atoms with E-state index in [1.165, 1.54) is 0 Å². The molecule has 27 heavy (non-hydrogen) atoms. The van der Waals surface area contributed by atoms with Gasteiger partial charge in [0.25, 0.3) is 0 Å². The Morgan fingerprint density at radius 3 is 2.22 bits per heavy atom. The fourth-order valence-electron chi connectivity index (χ4n) is 3.08. The summed E-state index contributed by atoms with van der Waals surface area (Å²) >= 11 is 0. The third-order valence-corrected chi connectivity index (χ3v) is 6.27. The average Bonchev–Trinajstić information content (AvgIpc) is 2.97. The zero-order valence-corrected chi connectivity index (χ0v) is 15.5. The van der Waals surface area contributed by atoms with Gasteiger partial charge in [-0.05, 0) is 23.8 Å². The molecule has 0 amide bonds. The fourth-order valence-corrected chi connectivity index (χ4v) is 4.59. The van der Waals surface area contributed by atoms with Gasteiger partial charge in [0, 0.05) is 25.0 Å². The molecule has 1 aliphatic heterocycles. The van der Waals surface area contributed by atoms with E-state index in [0.29, 0.717) is 12.1 Å². The lowest BCUT2D eigenvalue weighted by Gasteiger charge is -2.17. The second kappa shape index (κ2) is 7.75. The Bertz CT molecular complexity index is 907. The number of alkyl halides is 3. The fraction of sp³-hybridized carbons (Fsp3) is 0.294. The third kappa shape index (κ3) is 4.26. The average molecular weight is 425 g/mol. The summed E-state index contributed by atoms with van der Waals surface area (Å²) in [7, 11) is -4.15. The summed E-state index contributed by atoms with van der Waals surface area (Å²) in [5.74, 6) is -1.87. The summed E-state index contributed by atoms with van der Waals surface area (Å²) in [6, 6.07) is 10.2. The first-order chi connectivity index (χ1) is 12.1. The number of halogens is 5. The smallest absolute Gasteiger partial charge is 0.326 e. The molecule has 2 aromatic rings. The van der Waals surface area contributed by atoms with Crippen LogP contribution in [0, 0.1) is 5.82 Å². The number of sulfonamides is 1. The van der Waals surface area contributed by atoms with Crippen molar-refractivity contribution in [2.45, 2.75) is 23.0 Å². The van der Waals surface area contributed by atoms with Gasteiger partial charge in [0.2, 0.25) is 10.0 Å². The van der Waals surface area contributed by atoms with Gasteiger partial charge in [-0.15, -0.1) is 12.4 Å². The van der Waals surface area contributed by atoms with Crippen LogP contribution in [-0.4, -0.2) is 31.9 Å². The van der Waals surface area contributed by atoms with E-state index >= 15 is 0 Å². The molecule has 2 aromatic carbocycles. The highest BCUT2D eigenvalue weighted by Crippen LogP contribution is 2.34. The van der Waals surface area contributed by atoms with Crippen LogP contribution in [0.5, 0.6) is 0 Å². The predicted octanol–water partition coefficient (Wildman–Crippen LogP) is 3.38. The zero-order valence-electron chi connectivity index (χ0n) is 13.9. The van der Waals surface area contributed by atoms with E-state index in [4.69, 9.17) is 5.73 Å². The molecule has 0 aromatic heterocycles. The maximum Gasteiger partial charge on any atom is 0.419 e. The molecular weight excluding hydrogens is 408 g/mol. The molecule has 2 N–H and O–H groups in total. The summed E-state index contributed by atoms with van der Waals surface area (Å²) in [5.41, 5.74) is 5.43. The van der Waals surface area contributed by atoms with Gasteiger partial charge in [0.15, 0.2) is 0 Å². The Morgan fingerprint density at radius 2 is 1.67 bits per heavy atom. The van der Waals surface area contributed by atoms with E-state index in [1.54, 1.807) is 0 Å². The Kier molecular flexibility index (Phi) is 6.20. The van der Waals surface area contributed by atoms with Crippen molar-refractivity contribution in [1.82, 2.24) is 4.31 Å². The minimum atomic E-state index is -4.89. The molecule has 0 unspecified atom stereocenters. The Hall–Kier alpha value is -1.68. The Morgan fingerprint density at radius 1 is 1.04 bits per heavy atom. The molecule has 0 bridgehead atoms. The SMILES string of the molecule is Cl.N[C@@H]1CN(S(=O)(=O)c2ccc(C(F)(F)F)c(F)c2)C[C@H]1c1ccccc1. The maximum absolute atomic E-state index is 13.8. The van der Waals surface area contributed by atoms with Crippen molar-refractivity contribution < 1.29 is 26.0 Å². The van der Waals surface area contributed by atoms with E-state index in [9.17, 15) is 26.0 Å². The van der Waals surface area contributed by atoms with Gasteiger partial charge in [0.1, 0.15) is 5.82 Å². The van der Waals surface area contributed by atoms with Crippen LogP contribution < -0.4 is 5.73 Å². The molecule has 148 valence electrons. The minimum absolute atomic E-state index is 0.